The molecular formula is C19H19NO4. The fourth-order valence-electron chi connectivity index (χ4n) is 3.07. The van der Waals surface area contributed by atoms with E-state index in [9.17, 15) is 14.4 Å². The van der Waals surface area contributed by atoms with Crippen LogP contribution in [0.15, 0.2) is 35.1 Å². The summed E-state index contributed by atoms with van der Waals surface area (Å²) in [7, 11) is 0. The van der Waals surface area contributed by atoms with Gasteiger partial charge in [-0.25, -0.2) is 4.79 Å². The first-order chi connectivity index (χ1) is 11.5. The van der Waals surface area contributed by atoms with E-state index < -0.39 is 11.5 Å². The lowest BCUT2D eigenvalue weighted by molar-refractivity contribution is 0.0524. The Labute approximate surface area is 139 Å². The average molecular weight is 325 g/mol. The lowest BCUT2D eigenvalue weighted by Gasteiger charge is -2.24. The summed E-state index contributed by atoms with van der Waals surface area (Å²) in [4.78, 5) is 39.2. The first kappa shape index (κ1) is 16.2. The summed E-state index contributed by atoms with van der Waals surface area (Å²) < 4.78 is 4.87. The molecule has 124 valence electrons. The third-order valence-electron chi connectivity index (χ3n) is 4.35. The zero-order chi connectivity index (χ0) is 17.3. The van der Waals surface area contributed by atoms with E-state index in [-0.39, 0.29) is 23.9 Å². The van der Waals surface area contributed by atoms with E-state index in [1.807, 2.05) is 31.2 Å². The maximum atomic E-state index is 12.5. The van der Waals surface area contributed by atoms with Crippen LogP contribution in [0.25, 0.3) is 0 Å². The number of hydrogen-bond acceptors (Lipinski definition) is 4. The number of nitrogens with one attached hydrogen (secondary N) is 1. The molecule has 1 aliphatic rings. The topological polar surface area (TPSA) is 76.2 Å². The predicted molar refractivity (Wildman–Crippen MR) is 89.6 cm³/mol. The van der Waals surface area contributed by atoms with E-state index in [4.69, 9.17) is 4.74 Å². The van der Waals surface area contributed by atoms with Crippen LogP contribution in [0.3, 0.4) is 0 Å². The number of pyridine rings is 1. The predicted octanol–water partition coefficient (Wildman–Crippen LogP) is 2.77. The van der Waals surface area contributed by atoms with E-state index in [2.05, 4.69) is 4.98 Å². The van der Waals surface area contributed by atoms with Crippen molar-refractivity contribution in [3.05, 3.63) is 68.6 Å². The Morgan fingerprint density at radius 3 is 2.58 bits per heavy atom. The molecule has 2 aromatic rings. The number of H-pyrrole nitrogens is 1. The molecule has 3 rings (SSSR count). The normalized spacial score (nSPS) is 16.6. The number of ether oxygens (including phenoxy) is 1. The number of hydrogen-bond donors (Lipinski definition) is 1. The van der Waals surface area contributed by atoms with Gasteiger partial charge in [-0.3, -0.25) is 9.59 Å². The molecule has 5 heteroatoms. The molecule has 0 radical (unpaired) electrons. The molecule has 1 aliphatic carbocycles. The minimum absolute atomic E-state index is 0.0368. The second-order valence-electron chi connectivity index (χ2n) is 6.06. The summed E-state index contributed by atoms with van der Waals surface area (Å²) in [5, 5.41) is 0. The molecule has 0 spiro atoms. The first-order valence-electron chi connectivity index (χ1n) is 8.02. The Kier molecular flexibility index (Phi) is 4.34. The number of carbonyl (C=O) groups is 2. The van der Waals surface area contributed by atoms with Gasteiger partial charge in [0.1, 0.15) is 5.56 Å². The van der Waals surface area contributed by atoms with Gasteiger partial charge in [0.05, 0.1) is 6.61 Å². The van der Waals surface area contributed by atoms with Gasteiger partial charge in [0.25, 0.3) is 5.56 Å². The lowest BCUT2D eigenvalue weighted by atomic mass is 9.81. The van der Waals surface area contributed by atoms with Gasteiger partial charge in [0.15, 0.2) is 5.78 Å². The molecule has 1 atom stereocenters. The van der Waals surface area contributed by atoms with Gasteiger partial charge < -0.3 is 9.72 Å². The molecule has 24 heavy (non-hydrogen) atoms. The third kappa shape index (κ3) is 3.02. The second kappa shape index (κ2) is 6.43. The number of aryl methyl sites for hydroxylation is 1. The van der Waals surface area contributed by atoms with E-state index in [1.54, 1.807) is 6.92 Å². The van der Waals surface area contributed by atoms with Gasteiger partial charge >= 0.3 is 5.97 Å². The minimum atomic E-state index is -0.699. The molecule has 1 N–H and O–H groups in total. The number of Topliss-reactive ketones (excluding diaryl/α,β-unsaturated/α-hetero) is 1. The maximum absolute atomic E-state index is 12.5. The molecular weight excluding hydrogens is 306 g/mol. The summed E-state index contributed by atoms with van der Waals surface area (Å²) in [6.07, 6.45) is 0.937. The van der Waals surface area contributed by atoms with Crippen LogP contribution < -0.4 is 5.56 Å². The van der Waals surface area contributed by atoms with Gasteiger partial charge in [0.2, 0.25) is 0 Å². The number of carbonyl (C=O) groups excluding carboxylic acids is 2. The SMILES string of the molecule is CCOC(=O)c1cc2c([nH]c1=O)C[C@@H](c1ccc(C)cc1)CC2=O. The number of rotatable bonds is 3. The van der Waals surface area contributed by atoms with Crippen LogP contribution in [-0.4, -0.2) is 23.3 Å². The third-order valence-corrected chi connectivity index (χ3v) is 4.35. The summed E-state index contributed by atoms with van der Waals surface area (Å²) in [6, 6.07) is 9.44. The van der Waals surface area contributed by atoms with Crippen LogP contribution >= 0.6 is 0 Å². The van der Waals surface area contributed by atoms with Gasteiger partial charge in [0, 0.05) is 17.7 Å². The van der Waals surface area contributed by atoms with Gasteiger partial charge in [-0.05, 0) is 37.8 Å². The molecule has 0 saturated carbocycles. The van der Waals surface area contributed by atoms with E-state index >= 15 is 0 Å². The van der Waals surface area contributed by atoms with Crippen molar-refractivity contribution in [3.8, 4) is 0 Å². The number of aromatic amines is 1. The highest BCUT2D eigenvalue weighted by atomic mass is 16.5. The van der Waals surface area contributed by atoms with Crippen molar-refractivity contribution in [2.45, 2.75) is 32.6 Å². The van der Waals surface area contributed by atoms with Gasteiger partial charge in [-0.2, -0.15) is 0 Å². The molecule has 0 amide bonds. The minimum Gasteiger partial charge on any atom is -0.462 e. The first-order valence-corrected chi connectivity index (χ1v) is 8.02. The van der Waals surface area contributed by atoms with Crippen molar-refractivity contribution in [2.24, 2.45) is 0 Å². The van der Waals surface area contributed by atoms with E-state index in [1.165, 1.54) is 6.07 Å². The standard InChI is InChI=1S/C19H19NO4/c1-3-24-19(23)15-10-14-16(20-18(15)22)8-13(9-17(14)21)12-6-4-11(2)5-7-12/h4-7,10,13H,3,8-9H2,1-2H3,(H,20,22)/t13-/m1/s1. The Morgan fingerprint density at radius 1 is 1.21 bits per heavy atom. The Balaban J connectivity index is 1.95. The second-order valence-corrected chi connectivity index (χ2v) is 6.06. The zero-order valence-corrected chi connectivity index (χ0v) is 13.7. The molecule has 0 aliphatic heterocycles. The molecule has 1 aromatic heterocycles. The van der Waals surface area contributed by atoms with Crippen molar-refractivity contribution in [3.63, 3.8) is 0 Å². The largest absolute Gasteiger partial charge is 0.462 e. The molecule has 1 heterocycles. The van der Waals surface area contributed by atoms with Crippen LogP contribution in [0, 0.1) is 6.92 Å². The zero-order valence-electron chi connectivity index (χ0n) is 13.7. The van der Waals surface area contributed by atoms with Crippen molar-refractivity contribution in [2.75, 3.05) is 6.61 Å². The van der Waals surface area contributed by atoms with Crippen molar-refractivity contribution in [1.82, 2.24) is 4.98 Å². The summed E-state index contributed by atoms with van der Waals surface area (Å²) in [5.74, 6) is -0.728. The monoisotopic (exact) mass is 325 g/mol. The molecule has 0 bridgehead atoms. The molecule has 0 fully saturated rings. The van der Waals surface area contributed by atoms with Crippen LogP contribution in [0.1, 0.15) is 56.8 Å². The highest BCUT2D eigenvalue weighted by Crippen LogP contribution is 2.31. The van der Waals surface area contributed by atoms with Crippen molar-refractivity contribution in [1.29, 1.82) is 0 Å². The average Bonchev–Trinajstić information content (AvgIpc) is 2.55. The number of ketones is 1. The fourth-order valence-corrected chi connectivity index (χ4v) is 3.07. The van der Waals surface area contributed by atoms with Crippen molar-refractivity contribution >= 4 is 11.8 Å². The van der Waals surface area contributed by atoms with Crippen molar-refractivity contribution < 1.29 is 14.3 Å². The van der Waals surface area contributed by atoms with Crippen LogP contribution in [-0.2, 0) is 11.2 Å². The number of benzene rings is 1. The molecule has 0 unspecified atom stereocenters. The molecule has 0 saturated heterocycles. The lowest BCUT2D eigenvalue weighted by Crippen LogP contribution is -2.28. The Bertz CT molecular complexity index is 849. The summed E-state index contributed by atoms with van der Waals surface area (Å²) in [6.45, 7) is 3.86. The molecule has 1 aromatic carbocycles. The number of fused-ring (bicyclic) bond motifs is 1. The quantitative estimate of drug-likeness (QED) is 0.880. The van der Waals surface area contributed by atoms with Crippen LogP contribution in [0.4, 0.5) is 0 Å². The summed E-state index contributed by atoms with van der Waals surface area (Å²) in [5.41, 5.74) is 2.63. The Morgan fingerprint density at radius 2 is 1.92 bits per heavy atom. The van der Waals surface area contributed by atoms with Gasteiger partial charge in [-0.15, -0.1) is 0 Å². The molecule has 5 nitrogen and oxygen atoms in total. The van der Waals surface area contributed by atoms with E-state index in [0.717, 1.165) is 11.1 Å². The highest BCUT2D eigenvalue weighted by Gasteiger charge is 2.29. The highest BCUT2D eigenvalue weighted by molar-refractivity contribution is 6.01. The number of esters is 1. The Hall–Kier alpha value is -2.69. The fraction of sp³-hybridized carbons (Fsp3) is 0.316. The smallest absolute Gasteiger partial charge is 0.343 e. The van der Waals surface area contributed by atoms with Crippen LogP contribution in [0.2, 0.25) is 0 Å². The van der Waals surface area contributed by atoms with Crippen LogP contribution in [0.5, 0.6) is 0 Å². The van der Waals surface area contributed by atoms with E-state index in [0.29, 0.717) is 24.1 Å². The number of aromatic nitrogens is 1. The summed E-state index contributed by atoms with van der Waals surface area (Å²) >= 11 is 0. The maximum Gasteiger partial charge on any atom is 0.343 e. The van der Waals surface area contributed by atoms with Gasteiger partial charge in [-0.1, -0.05) is 29.8 Å².